The Balaban J connectivity index is 1.50. The lowest BCUT2D eigenvalue weighted by molar-refractivity contribution is 0.0952. The molecule has 6 heteroatoms. The van der Waals surface area contributed by atoms with Gasteiger partial charge in [-0.1, -0.05) is 19.1 Å². The normalized spacial score (nSPS) is 16.4. The van der Waals surface area contributed by atoms with Crippen LogP contribution in [0, 0.1) is 6.92 Å². The molecule has 0 fully saturated rings. The van der Waals surface area contributed by atoms with Crippen LogP contribution in [0.3, 0.4) is 0 Å². The number of thioether (sulfide) groups is 1. The summed E-state index contributed by atoms with van der Waals surface area (Å²) in [6.07, 6.45) is 0. The van der Waals surface area contributed by atoms with Crippen LogP contribution in [0.1, 0.15) is 28.1 Å². The fraction of sp³-hybridized carbons (Fsp3) is 0.250. The van der Waals surface area contributed by atoms with Gasteiger partial charge in [0.2, 0.25) is 0 Å². The van der Waals surface area contributed by atoms with Crippen LogP contribution < -0.4 is 10.2 Å². The molecule has 0 unspecified atom stereocenters. The molecule has 2 aromatic heterocycles. The van der Waals surface area contributed by atoms with Crippen molar-refractivity contribution in [2.45, 2.75) is 30.5 Å². The molecule has 3 aromatic rings. The van der Waals surface area contributed by atoms with Crippen molar-refractivity contribution in [1.29, 1.82) is 0 Å². The van der Waals surface area contributed by atoms with E-state index in [0.717, 1.165) is 23.1 Å². The van der Waals surface area contributed by atoms with Gasteiger partial charge in [-0.05, 0) is 43.3 Å². The molecule has 0 spiro atoms. The predicted octanol–water partition coefficient (Wildman–Crippen LogP) is 5.21. The zero-order valence-corrected chi connectivity index (χ0v) is 16.3. The number of hydrogen-bond acceptors (Lipinski definition) is 5. The quantitative estimate of drug-likeness (QED) is 0.670. The van der Waals surface area contributed by atoms with E-state index < -0.39 is 0 Å². The Labute approximate surface area is 161 Å². The molecule has 0 radical (unpaired) electrons. The van der Waals surface area contributed by atoms with Crippen molar-refractivity contribution in [3.05, 3.63) is 64.9 Å². The zero-order chi connectivity index (χ0) is 18.1. The molecule has 1 aromatic carbocycles. The van der Waals surface area contributed by atoms with Gasteiger partial charge in [0.25, 0.3) is 5.91 Å². The van der Waals surface area contributed by atoms with Crippen molar-refractivity contribution < 1.29 is 9.21 Å². The molecule has 0 aliphatic carbocycles. The smallest absolute Gasteiger partial charge is 0.261 e. The van der Waals surface area contributed by atoms with E-state index in [9.17, 15) is 4.79 Å². The standard InChI is InChI=1S/C20H20N2O2S2/c1-13-7-8-15(24-13)11-21-20(23)18-9-10-19(26-18)22-12-14(2)25-17-6-4-3-5-16(17)22/h3-10,14H,11-12H2,1-2H3,(H,21,23)/t14-/m1/s1. The molecular weight excluding hydrogens is 364 g/mol. The monoisotopic (exact) mass is 384 g/mol. The van der Waals surface area contributed by atoms with E-state index in [-0.39, 0.29) is 5.91 Å². The van der Waals surface area contributed by atoms with Gasteiger partial charge in [0.1, 0.15) is 11.5 Å². The van der Waals surface area contributed by atoms with Crippen molar-refractivity contribution in [3.8, 4) is 0 Å². The number of rotatable bonds is 4. The molecule has 1 N–H and O–H groups in total. The van der Waals surface area contributed by atoms with Gasteiger partial charge >= 0.3 is 0 Å². The number of aryl methyl sites for hydroxylation is 1. The molecule has 1 amide bonds. The summed E-state index contributed by atoms with van der Waals surface area (Å²) in [5.41, 5.74) is 1.22. The van der Waals surface area contributed by atoms with Crippen LogP contribution in [0.25, 0.3) is 0 Å². The highest BCUT2D eigenvalue weighted by atomic mass is 32.2. The van der Waals surface area contributed by atoms with E-state index in [4.69, 9.17) is 4.42 Å². The number of fused-ring (bicyclic) bond motifs is 1. The molecule has 134 valence electrons. The van der Waals surface area contributed by atoms with Crippen LogP contribution in [0.5, 0.6) is 0 Å². The van der Waals surface area contributed by atoms with Gasteiger partial charge in [-0.2, -0.15) is 0 Å². The second kappa shape index (κ2) is 7.21. The Hall–Kier alpha value is -2.18. The van der Waals surface area contributed by atoms with Crippen LogP contribution in [0.2, 0.25) is 0 Å². The van der Waals surface area contributed by atoms with Gasteiger partial charge in [-0.25, -0.2) is 0 Å². The Morgan fingerprint density at radius 1 is 1.23 bits per heavy atom. The van der Waals surface area contributed by atoms with Crippen molar-refractivity contribution in [2.24, 2.45) is 0 Å². The van der Waals surface area contributed by atoms with Crippen LogP contribution in [0.15, 0.2) is 57.8 Å². The van der Waals surface area contributed by atoms with Crippen LogP contribution >= 0.6 is 23.1 Å². The summed E-state index contributed by atoms with van der Waals surface area (Å²) in [4.78, 5) is 16.8. The highest BCUT2D eigenvalue weighted by Gasteiger charge is 2.24. The number of thiophene rings is 1. The third-order valence-electron chi connectivity index (χ3n) is 4.22. The first-order valence-electron chi connectivity index (χ1n) is 8.57. The van der Waals surface area contributed by atoms with E-state index >= 15 is 0 Å². The first-order chi connectivity index (χ1) is 12.6. The highest BCUT2D eigenvalue weighted by Crippen LogP contribution is 2.43. The number of anilines is 2. The molecule has 1 aliphatic rings. The maximum atomic E-state index is 12.5. The van der Waals surface area contributed by atoms with Gasteiger partial charge < -0.3 is 14.6 Å². The molecule has 0 saturated heterocycles. The average Bonchev–Trinajstić information content (AvgIpc) is 3.28. The Morgan fingerprint density at radius 3 is 2.88 bits per heavy atom. The first kappa shape index (κ1) is 17.2. The maximum absolute atomic E-state index is 12.5. The minimum atomic E-state index is -0.0666. The Kier molecular flexibility index (Phi) is 4.78. The van der Waals surface area contributed by atoms with Crippen molar-refractivity contribution in [1.82, 2.24) is 5.32 Å². The van der Waals surface area contributed by atoms with E-state index in [0.29, 0.717) is 16.7 Å². The number of amides is 1. The summed E-state index contributed by atoms with van der Waals surface area (Å²) < 4.78 is 5.50. The number of carbonyl (C=O) groups is 1. The van der Waals surface area contributed by atoms with Crippen LogP contribution in [-0.2, 0) is 6.54 Å². The van der Waals surface area contributed by atoms with Gasteiger partial charge in [0.05, 0.1) is 22.1 Å². The molecule has 26 heavy (non-hydrogen) atoms. The Morgan fingerprint density at radius 2 is 2.08 bits per heavy atom. The number of carbonyl (C=O) groups excluding carboxylic acids is 1. The van der Waals surface area contributed by atoms with Crippen LogP contribution in [-0.4, -0.2) is 17.7 Å². The lowest BCUT2D eigenvalue weighted by Crippen LogP contribution is -2.28. The SMILES string of the molecule is Cc1ccc(CNC(=O)c2ccc(N3C[C@@H](C)Sc4ccccc43)s2)o1. The van der Waals surface area contributed by atoms with Crippen LogP contribution in [0.4, 0.5) is 10.7 Å². The number of para-hydroxylation sites is 1. The molecule has 4 rings (SSSR count). The second-order valence-electron chi connectivity index (χ2n) is 6.34. The van der Waals surface area contributed by atoms with E-state index in [1.807, 2.05) is 43.0 Å². The third-order valence-corrected chi connectivity index (χ3v) is 6.48. The van der Waals surface area contributed by atoms with E-state index in [2.05, 4.69) is 41.4 Å². The molecule has 1 atom stereocenters. The minimum absolute atomic E-state index is 0.0666. The fourth-order valence-corrected chi connectivity index (χ4v) is 5.09. The number of benzene rings is 1. The number of nitrogens with zero attached hydrogens (tertiary/aromatic N) is 1. The Bertz CT molecular complexity index is 931. The topological polar surface area (TPSA) is 45.5 Å². The molecular formula is C20H20N2O2S2. The highest BCUT2D eigenvalue weighted by molar-refractivity contribution is 8.00. The fourth-order valence-electron chi connectivity index (χ4n) is 3.03. The molecule has 4 nitrogen and oxygen atoms in total. The zero-order valence-electron chi connectivity index (χ0n) is 14.7. The van der Waals surface area contributed by atoms with Crippen molar-refractivity contribution in [2.75, 3.05) is 11.4 Å². The minimum Gasteiger partial charge on any atom is -0.465 e. The van der Waals surface area contributed by atoms with Crippen molar-refractivity contribution in [3.63, 3.8) is 0 Å². The predicted molar refractivity (Wildman–Crippen MR) is 108 cm³/mol. The lowest BCUT2D eigenvalue weighted by Gasteiger charge is -2.33. The summed E-state index contributed by atoms with van der Waals surface area (Å²) in [7, 11) is 0. The summed E-state index contributed by atoms with van der Waals surface area (Å²) in [5, 5.41) is 4.53. The molecule has 3 heterocycles. The number of furan rings is 1. The summed E-state index contributed by atoms with van der Waals surface area (Å²) in [6, 6.07) is 16.2. The third kappa shape index (κ3) is 3.52. The average molecular weight is 385 g/mol. The summed E-state index contributed by atoms with van der Waals surface area (Å²) in [5.74, 6) is 1.55. The molecule has 0 saturated carbocycles. The molecule has 0 bridgehead atoms. The number of nitrogens with one attached hydrogen (secondary N) is 1. The summed E-state index contributed by atoms with van der Waals surface area (Å²) in [6.45, 7) is 5.47. The van der Waals surface area contributed by atoms with Gasteiger partial charge in [-0.15, -0.1) is 23.1 Å². The first-order valence-corrected chi connectivity index (χ1v) is 10.3. The van der Waals surface area contributed by atoms with Gasteiger partial charge in [-0.3, -0.25) is 4.79 Å². The maximum Gasteiger partial charge on any atom is 0.261 e. The van der Waals surface area contributed by atoms with E-state index in [1.165, 1.54) is 21.9 Å². The molecule has 1 aliphatic heterocycles. The summed E-state index contributed by atoms with van der Waals surface area (Å²) >= 11 is 3.43. The van der Waals surface area contributed by atoms with Gasteiger partial charge in [0, 0.05) is 16.7 Å². The lowest BCUT2D eigenvalue weighted by atomic mass is 10.2. The second-order valence-corrected chi connectivity index (χ2v) is 8.88. The largest absolute Gasteiger partial charge is 0.465 e. The van der Waals surface area contributed by atoms with E-state index in [1.54, 1.807) is 0 Å². The van der Waals surface area contributed by atoms with Crippen molar-refractivity contribution >= 4 is 39.7 Å². The van der Waals surface area contributed by atoms with Gasteiger partial charge in [0.15, 0.2) is 0 Å². The number of hydrogen-bond donors (Lipinski definition) is 1.